The van der Waals surface area contributed by atoms with Crippen molar-refractivity contribution in [3.63, 3.8) is 0 Å². The van der Waals surface area contributed by atoms with Crippen molar-refractivity contribution in [1.82, 2.24) is 9.80 Å². The average molecular weight is 225 g/mol. The predicted octanol–water partition coefficient (Wildman–Crippen LogP) is 1.28. The van der Waals surface area contributed by atoms with Gasteiger partial charge >= 0.3 is 0 Å². The van der Waals surface area contributed by atoms with Crippen LogP contribution in [0.25, 0.3) is 0 Å². The number of hydrogen-bond donors (Lipinski definition) is 1. The lowest BCUT2D eigenvalue weighted by Crippen LogP contribution is -2.52. The second kappa shape index (κ2) is 5.99. The highest BCUT2D eigenvalue weighted by Crippen LogP contribution is 2.24. The van der Waals surface area contributed by atoms with Gasteiger partial charge in [0.15, 0.2) is 0 Å². The van der Waals surface area contributed by atoms with Gasteiger partial charge in [-0.25, -0.2) is 0 Å². The van der Waals surface area contributed by atoms with Crippen molar-refractivity contribution < 1.29 is 0 Å². The number of piperazine rings is 1. The van der Waals surface area contributed by atoms with Crippen molar-refractivity contribution in [1.29, 1.82) is 0 Å². The van der Waals surface area contributed by atoms with Gasteiger partial charge in [-0.15, -0.1) is 0 Å². The van der Waals surface area contributed by atoms with Gasteiger partial charge in [-0.05, 0) is 32.7 Å². The molecule has 1 heterocycles. The van der Waals surface area contributed by atoms with Gasteiger partial charge in [0.2, 0.25) is 0 Å². The molecule has 16 heavy (non-hydrogen) atoms. The summed E-state index contributed by atoms with van der Waals surface area (Å²) in [5.41, 5.74) is 5.63. The summed E-state index contributed by atoms with van der Waals surface area (Å²) in [5.74, 6) is 0. The van der Waals surface area contributed by atoms with Gasteiger partial charge in [0.05, 0.1) is 0 Å². The molecular weight excluding hydrogens is 198 g/mol. The molecule has 1 saturated heterocycles. The van der Waals surface area contributed by atoms with E-state index in [0.717, 1.165) is 19.0 Å². The fraction of sp³-hybridized carbons (Fsp3) is 1.00. The molecule has 94 valence electrons. The average Bonchev–Trinajstić information content (AvgIpc) is 2.83. The van der Waals surface area contributed by atoms with E-state index in [1.807, 2.05) is 0 Å². The van der Waals surface area contributed by atoms with E-state index >= 15 is 0 Å². The Morgan fingerprint density at radius 2 is 1.75 bits per heavy atom. The Morgan fingerprint density at radius 1 is 1.12 bits per heavy atom. The van der Waals surface area contributed by atoms with Crippen LogP contribution in [0.2, 0.25) is 0 Å². The van der Waals surface area contributed by atoms with Gasteiger partial charge < -0.3 is 5.73 Å². The van der Waals surface area contributed by atoms with Crippen LogP contribution in [0.5, 0.6) is 0 Å². The van der Waals surface area contributed by atoms with Gasteiger partial charge in [0.1, 0.15) is 0 Å². The Morgan fingerprint density at radius 3 is 2.31 bits per heavy atom. The fourth-order valence-corrected chi connectivity index (χ4v) is 3.24. The summed E-state index contributed by atoms with van der Waals surface area (Å²) in [4.78, 5) is 5.33. The van der Waals surface area contributed by atoms with Gasteiger partial charge in [-0.2, -0.15) is 0 Å². The van der Waals surface area contributed by atoms with Crippen LogP contribution in [-0.2, 0) is 0 Å². The molecule has 1 aliphatic carbocycles. The molecule has 2 aliphatic rings. The Balaban J connectivity index is 1.73. The summed E-state index contributed by atoms with van der Waals surface area (Å²) in [6.45, 7) is 8.19. The Bertz CT molecular complexity index is 193. The third kappa shape index (κ3) is 2.96. The van der Waals surface area contributed by atoms with Crippen LogP contribution in [0, 0.1) is 0 Å². The Hall–Kier alpha value is -0.120. The molecule has 0 spiro atoms. The highest BCUT2D eigenvalue weighted by Gasteiger charge is 2.27. The van der Waals surface area contributed by atoms with E-state index in [0.29, 0.717) is 6.04 Å². The van der Waals surface area contributed by atoms with Crippen molar-refractivity contribution in [3.05, 3.63) is 0 Å². The maximum absolute atomic E-state index is 5.63. The van der Waals surface area contributed by atoms with Crippen molar-refractivity contribution in [2.75, 3.05) is 32.7 Å². The van der Waals surface area contributed by atoms with E-state index in [4.69, 9.17) is 5.73 Å². The van der Waals surface area contributed by atoms with Crippen molar-refractivity contribution in [3.8, 4) is 0 Å². The molecule has 0 aromatic heterocycles. The first kappa shape index (κ1) is 12.3. The summed E-state index contributed by atoms with van der Waals surface area (Å²) in [5, 5.41) is 0. The zero-order chi connectivity index (χ0) is 11.4. The van der Waals surface area contributed by atoms with E-state index in [1.165, 1.54) is 51.9 Å². The smallest absolute Gasteiger partial charge is 0.0113 e. The first-order valence-electron chi connectivity index (χ1n) is 6.99. The van der Waals surface area contributed by atoms with Gasteiger partial charge in [0, 0.05) is 38.3 Å². The van der Waals surface area contributed by atoms with Gasteiger partial charge in [-0.1, -0.05) is 12.8 Å². The number of rotatable bonds is 4. The molecule has 2 N–H and O–H groups in total. The molecule has 0 bridgehead atoms. The maximum Gasteiger partial charge on any atom is 0.0113 e. The van der Waals surface area contributed by atoms with Crippen LogP contribution >= 0.6 is 0 Å². The first-order valence-corrected chi connectivity index (χ1v) is 6.99. The van der Waals surface area contributed by atoms with Gasteiger partial charge in [0.25, 0.3) is 0 Å². The van der Waals surface area contributed by atoms with E-state index in [-0.39, 0.29) is 0 Å². The standard InChI is InChI=1S/C13H27N3/c1-12(6-7-14)15-8-10-16(11-9-15)13-4-2-3-5-13/h12-13H,2-11,14H2,1H3. The number of nitrogens with two attached hydrogens (primary N) is 1. The quantitative estimate of drug-likeness (QED) is 0.782. The molecule has 0 aromatic carbocycles. The van der Waals surface area contributed by atoms with Gasteiger partial charge in [-0.3, -0.25) is 9.80 Å². The summed E-state index contributed by atoms with van der Waals surface area (Å²) in [6, 6.07) is 1.59. The fourth-order valence-electron chi connectivity index (χ4n) is 3.24. The lowest BCUT2D eigenvalue weighted by atomic mass is 10.1. The third-order valence-corrected chi connectivity index (χ3v) is 4.40. The predicted molar refractivity (Wildman–Crippen MR) is 68.5 cm³/mol. The zero-order valence-electron chi connectivity index (χ0n) is 10.7. The highest BCUT2D eigenvalue weighted by molar-refractivity contribution is 4.83. The highest BCUT2D eigenvalue weighted by atomic mass is 15.3. The number of nitrogens with zero attached hydrogens (tertiary/aromatic N) is 2. The Labute approximate surface area is 100.0 Å². The molecule has 1 unspecified atom stereocenters. The van der Waals surface area contributed by atoms with Crippen LogP contribution in [0.1, 0.15) is 39.0 Å². The van der Waals surface area contributed by atoms with Crippen molar-refractivity contribution in [2.45, 2.75) is 51.1 Å². The molecule has 1 saturated carbocycles. The van der Waals surface area contributed by atoms with Crippen LogP contribution < -0.4 is 5.73 Å². The summed E-state index contributed by atoms with van der Waals surface area (Å²) < 4.78 is 0. The molecular formula is C13H27N3. The lowest BCUT2D eigenvalue weighted by molar-refractivity contribution is 0.0734. The molecule has 0 aromatic rings. The molecule has 2 fully saturated rings. The summed E-state index contributed by atoms with van der Waals surface area (Å²) in [7, 11) is 0. The number of hydrogen-bond acceptors (Lipinski definition) is 3. The second-order valence-electron chi connectivity index (χ2n) is 5.44. The van der Waals surface area contributed by atoms with Crippen molar-refractivity contribution >= 4 is 0 Å². The first-order chi connectivity index (χ1) is 7.81. The molecule has 3 nitrogen and oxygen atoms in total. The van der Waals surface area contributed by atoms with Crippen LogP contribution in [-0.4, -0.2) is 54.6 Å². The van der Waals surface area contributed by atoms with E-state index in [2.05, 4.69) is 16.7 Å². The molecule has 1 aliphatic heterocycles. The van der Waals surface area contributed by atoms with Crippen molar-refractivity contribution in [2.24, 2.45) is 5.73 Å². The topological polar surface area (TPSA) is 32.5 Å². The van der Waals surface area contributed by atoms with E-state index in [1.54, 1.807) is 0 Å². The minimum absolute atomic E-state index is 0.677. The monoisotopic (exact) mass is 225 g/mol. The van der Waals surface area contributed by atoms with Crippen LogP contribution in [0.4, 0.5) is 0 Å². The second-order valence-corrected chi connectivity index (χ2v) is 5.44. The molecule has 2 rings (SSSR count). The zero-order valence-corrected chi connectivity index (χ0v) is 10.7. The SMILES string of the molecule is CC(CCN)N1CCN(C2CCCC2)CC1. The van der Waals surface area contributed by atoms with Crippen LogP contribution in [0.15, 0.2) is 0 Å². The summed E-state index contributed by atoms with van der Waals surface area (Å²) >= 11 is 0. The molecule has 0 amide bonds. The summed E-state index contributed by atoms with van der Waals surface area (Å²) in [6.07, 6.45) is 6.93. The third-order valence-electron chi connectivity index (χ3n) is 4.40. The van der Waals surface area contributed by atoms with Crippen LogP contribution in [0.3, 0.4) is 0 Å². The lowest BCUT2D eigenvalue weighted by Gasteiger charge is -2.40. The minimum Gasteiger partial charge on any atom is -0.330 e. The molecule has 1 atom stereocenters. The van der Waals surface area contributed by atoms with E-state index in [9.17, 15) is 0 Å². The minimum atomic E-state index is 0.677. The van der Waals surface area contributed by atoms with E-state index < -0.39 is 0 Å². The molecule has 3 heteroatoms. The maximum atomic E-state index is 5.63. The largest absolute Gasteiger partial charge is 0.330 e. The normalized spacial score (nSPS) is 27.4. The molecule has 0 radical (unpaired) electrons. The Kier molecular flexibility index (Phi) is 4.62.